The van der Waals surface area contributed by atoms with Crippen LogP contribution < -0.4 is 0 Å². The molecular formula is HLuO2P. The summed E-state index contributed by atoms with van der Waals surface area (Å²) in [6, 6.07) is 0. The predicted octanol–water partition coefficient (Wildman–Crippen LogP) is 0.185. The van der Waals surface area contributed by atoms with Crippen LogP contribution in [0.2, 0.25) is 0 Å². The van der Waals surface area contributed by atoms with Gasteiger partial charge < -0.3 is 4.89 Å². The van der Waals surface area contributed by atoms with E-state index in [2.05, 4.69) is 0 Å². The van der Waals surface area contributed by atoms with E-state index in [0.29, 0.717) is 0 Å². The van der Waals surface area contributed by atoms with Crippen molar-refractivity contribution in [3.8, 4) is 0 Å². The Morgan fingerprint density at radius 3 is 1.75 bits per heavy atom. The fourth-order valence-corrected chi connectivity index (χ4v) is 0. The largest absolute Gasteiger partial charge is 0.324 e. The first-order chi connectivity index (χ1) is 1.41. The van der Waals surface area contributed by atoms with E-state index >= 15 is 0 Å². The molecule has 0 aromatic carbocycles. The Kier molecular flexibility index (Phi) is 19.9. The smallest absolute Gasteiger partial charge is 0.310 e. The number of hydrogen-bond acceptors (Lipinski definition) is 1. The first kappa shape index (κ1) is 9.00. The second kappa shape index (κ2) is 8.85. The molecule has 0 heterocycles. The zero-order valence-electron chi connectivity index (χ0n) is 1.56. The van der Waals surface area contributed by atoms with Gasteiger partial charge in [-0.25, -0.2) is 4.57 Å². The molecule has 0 aliphatic heterocycles. The monoisotopic (exact) mass is 239 g/mol. The molecule has 0 atom stereocenters. The Morgan fingerprint density at radius 1 is 1.75 bits per heavy atom. The van der Waals surface area contributed by atoms with Gasteiger partial charge in [0.1, 0.15) is 0 Å². The van der Waals surface area contributed by atoms with Crippen molar-refractivity contribution in [1.82, 2.24) is 0 Å². The Balaban J connectivity index is 0. The van der Waals surface area contributed by atoms with Gasteiger partial charge in [-0.15, -0.1) is 0 Å². The maximum Gasteiger partial charge on any atom is 0.324 e. The summed E-state index contributed by atoms with van der Waals surface area (Å²) in [6.07, 6.45) is 0. The van der Waals surface area contributed by atoms with Crippen LogP contribution in [0.3, 0.4) is 0 Å². The van der Waals surface area contributed by atoms with Crippen LogP contribution in [-0.2, 0) is 4.57 Å². The zero-order valence-corrected chi connectivity index (χ0v) is 4.11. The molecule has 0 spiro atoms. The summed E-state index contributed by atoms with van der Waals surface area (Å²) < 4.78 is 8.46. The van der Waals surface area contributed by atoms with Crippen molar-refractivity contribution >= 4 is 8.69 Å². The van der Waals surface area contributed by atoms with Crippen LogP contribution in [0.25, 0.3) is 0 Å². The standard InChI is InChI=1S/Lu.HO2P/c;1-3-2/h;(H,1,2). The van der Waals surface area contributed by atoms with E-state index in [-0.39, 0.29) is 36.9 Å². The Labute approximate surface area is 54.7 Å². The molecule has 0 unspecified atom stereocenters. The van der Waals surface area contributed by atoms with E-state index in [1.54, 1.807) is 0 Å². The molecule has 4 heavy (non-hydrogen) atoms. The molecule has 0 bridgehead atoms. The van der Waals surface area contributed by atoms with E-state index < -0.39 is 8.69 Å². The van der Waals surface area contributed by atoms with Crippen LogP contribution in [-0.4, -0.2) is 4.89 Å². The molecular weight excluding hydrogens is 238 g/mol. The summed E-state index contributed by atoms with van der Waals surface area (Å²) in [4.78, 5) is 6.99. The van der Waals surface area contributed by atoms with Gasteiger partial charge in [-0.3, -0.25) is 0 Å². The SMILES string of the molecule is O=PO.[Lu]. The van der Waals surface area contributed by atoms with Gasteiger partial charge in [0.2, 0.25) is 0 Å². The van der Waals surface area contributed by atoms with E-state index in [1.165, 1.54) is 0 Å². The van der Waals surface area contributed by atoms with Gasteiger partial charge in [-0.1, -0.05) is 0 Å². The third-order valence-electron chi connectivity index (χ3n) is 0. The van der Waals surface area contributed by atoms with Crippen LogP contribution >= 0.6 is 8.69 Å². The molecule has 0 aromatic rings. The third-order valence-corrected chi connectivity index (χ3v) is 0. The Hall–Kier alpha value is 1.29. The molecule has 0 aliphatic carbocycles. The fourth-order valence-electron chi connectivity index (χ4n) is 0. The maximum atomic E-state index is 8.46. The van der Waals surface area contributed by atoms with Crippen molar-refractivity contribution in [2.45, 2.75) is 0 Å². The second-order valence-electron chi connectivity index (χ2n) is 0.0816. The molecule has 1 N–H and O–H groups in total. The van der Waals surface area contributed by atoms with E-state index in [4.69, 9.17) is 9.46 Å². The number of hydrogen-bond donors (Lipinski definition) is 1. The van der Waals surface area contributed by atoms with E-state index in [0.717, 1.165) is 0 Å². The molecule has 4 heteroatoms. The summed E-state index contributed by atoms with van der Waals surface area (Å²) >= 11 is 0. The minimum Gasteiger partial charge on any atom is -0.310 e. The summed E-state index contributed by atoms with van der Waals surface area (Å²) in [7, 11) is -0.833. The average molecular weight is 239 g/mol. The van der Waals surface area contributed by atoms with Gasteiger partial charge in [0, 0.05) is 36.9 Å². The average Bonchev–Trinajstić information content (AvgIpc) is 0.918. The predicted molar refractivity (Wildman–Crippen MR) is 9.83 cm³/mol. The topological polar surface area (TPSA) is 37.3 Å². The summed E-state index contributed by atoms with van der Waals surface area (Å²) in [5, 5.41) is 0. The van der Waals surface area contributed by atoms with Crippen molar-refractivity contribution in [3.05, 3.63) is 0 Å². The quantitative estimate of drug-likeness (QED) is 0.612. The van der Waals surface area contributed by atoms with Gasteiger partial charge in [0.25, 0.3) is 0 Å². The van der Waals surface area contributed by atoms with Gasteiger partial charge in [0.15, 0.2) is 0 Å². The zero-order chi connectivity index (χ0) is 2.71. The first-order valence-corrected chi connectivity index (χ1v) is 1.15. The van der Waals surface area contributed by atoms with E-state index in [1.807, 2.05) is 0 Å². The molecule has 0 amide bonds. The van der Waals surface area contributed by atoms with Crippen molar-refractivity contribution < 1.29 is 46.3 Å². The molecule has 0 aliphatic rings. The fraction of sp³-hybridized carbons (Fsp3) is 0. The maximum absolute atomic E-state index is 8.46. The van der Waals surface area contributed by atoms with Gasteiger partial charge >= 0.3 is 8.69 Å². The molecule has 2 nitrogen and oxygen atoms in total. The molecule has 0 aromatic heterocycles. The van der Waals surface area contributed by atoms with Crippen molar-refractivity contribution in [3.63, 3.8) is 0 Å². The normalized spacial score (nSPS) is 5.25. The summed E-state index contributed by atoms with van der Waals surface area (Å²) in [5.41, 5.74) is 0. The van der Waals surface area contributed by atoms with Gasteiger partial charge in [-0.05, 0) is 0 Å². The molecule has 33 valence electrons. The first-order valence-electron chi connectivity index (χ1n) is 0.383. The Bertz CT molecular complexity index is 13.5. The van der Waals surface area contributed by atoms with Crippen LogP contribution in [0.5, 0.6) is 0 Å². The minimum absolute atomic E-state index is 0. The molecule has 1 radical (unpaired) electrons. The number of rotatable bonds is 0. The van der Waals surface area contributed by atoms with E-state index in [9.17, 15) is 0 Å². The Morgan fingerprint density at radius 2 is 1.75 bits per heavy atom. The van der Waals surface area contributed by atoms with Gasteiger partial charge in [0.05, 0.1) is 0 Å². The van der Waals surface area contributed by atoms with Crippen molar-refractivity contribution in [2.24, 2.45) is 0 Å². The summed E-state index contributed by atoms with van der Waals surface area (Å²) in [6.45, 7) is 0. The molecule has 0 saturated heterocycles. The summed E-state index contributed by atoms with van der Waals surface area (Å²) in [5.74, 6) is 0. The molecule has 0 saturated carbocycles. The van der Waals surface area contributed by atoms with Gasteiger partial charge in [-0.2, -0.15) is 0 Å². The van der Waals surface area contributed by atoms with Crippen LogP contribution in [0.4, 0.5) is 0 Å². The molecule has 0 fully saturated rings. The van der Waals surface area contributed by atoms with Crippen LogP contribution in [0.1, 0.15) is 0 Å². The third kappa shape index (κ3) is 10.4. The van der Waals surface area contributed by atoms with Crippen molar-refractivity contribution in [1.29, 1.82) is 0 Å². The molecule has 0 rings (SSSR count). The van der Waals surface area contributed by atoms with Crippen LogP contribution in [0, 0.1) is 36.9 Å². The van der Waals surface area contributed by atoms with Crippen LogP contribution in [0.15, 0.2) is 0 Å². The van der Waals surface area contributed by atoms with Crippen molar-refractivity contribution in [2.75, 3.05) is 0 Å². The second-order valence-corrected chi connectivity index (χ2v) is 0.245. The minimum atomic E-state index is -0.833.